The van der Waals surface area contributed by atoms with Crippen molar-refractivity contribution in [1.82, 2.24) is 4.90 Å². The number of hydrogen-bond acceptors (Lipinski definition) is 3. The standard InChI is InChI=1S/C24H28N2O3/c1-17-4-2-5-20(16-17)18-7-9-21(10-8-18)25-23(27)19-11-13-26(14-12-19)24(28)22-6-3-15-29-22/h2,4-5,7-10,16,19,22H,3,6,11-15H2,1H3,(H,25,27)/t22-/m0/s1. The fourth-order valence-electron chi connectivity index (χ4n) is 4.15. The highest BCUT2D eigenvalue weighted by Gasteiger charge is 2.32. The van der Waals surface area contributed by atoms with Gasteiger partial charge in [0.2, 0.25) is 5.91 Å². The molecule has 0 bridgehead atoms. The fourth-order valence-corrected chi connectivity index (χ4v) is 4.15. The number of amides is 2. The summed E-state index contributed by atoms with van der Waals surface area (Å²) in [5, 5.41) is 3.03. The zero-order valence-electron chi connectivity index (χ0n) is 16.9. The summed E-state index contributed by atoms with van der Waals surface area (Å²) in [5.74, 6) is 0.0746. The molecule has 2 amide bonds. The molecule has 2 heterocycles. The second kappa shape index (κ2) is 8.78. The minimum atomic E-state index is -0.271. The molecular formula is C24H28N2O3. The van der Waals surface area contributed by atoms with Crippen molar-refractivity contribution in [3.63, 3.8) is 0 Å². The van der Waals surface area contributed by atoms with Gasteiger partial charge in [0.05, 0.1) is 0 Å². The number of aryl methyl sites for hydroxylation is 1. The highest BCUT2D eigenvalue weighted by Crippen LogP contribution is 2.25. The van der Waals surface area contributed by atoms with E-state index in [1.165, 1.54) is 11.1 Å². The van der Waals surface area contributed by atoms with Crippen molar-refractivity contribution in [1.29, 1.82) is 0 Å². The second-order valence-corrected chi connectivity index (χ2v) is 8.04. The first kappa shape index (κ1) is 19.6. The maximum atomic E-state index is 12.7. The monoisotopic (exact) mass is 392 g/mol. The quantitative estimate of drug-likeness (QED) is 0.855. The van der Waals surface area contributed by atoms with Crippen molar-refractivity contribution >= 4 is 17.5 Å². The Kier molecular flexibility index (Phi) is 5.95. The summed E-state index contributed by atoms with van der Waals surface area (Å²) >= 11 is 0. The third kappa shape index (κ3) is 4.67. The van der Waals surface area contributed by atoms with Gasteiger partial charge in [0.1, 0.15) is 6.10 Å². The molecule has 1 atom stereocenters. The summed E-state index contributed by atoms with van der Waals surface area (Å²) in [6, 6.07) is 16.3. The third-order valence-electron chi connectivity index (χ3n) is 5.89. The molecule has 4 rings (SSSR count). The van der Waals surface area contributed by atoms with Crippen LogP contribution in [0.25, 0.3) is 11.1 Å². The van der Waals surface area contributed by atoms with Gasteiger partial charge in [-0.15, -0.1) is 0 Å². The third-order valence-corrected chi connectivity index (χ3v) is 5.89. The van der Waals surface area contributed by atoms with Crippen LogP contribution in [0.2, 0.25) is 0 Å². The molecule has 29 heavy (non-hydrogen) atoms. The van der Waals surface area contributed by atoms with Crippen LogP contribution in [0.4, 0.5) is 5.69 Å². The number of hydrogen-bond donors (Lipinski definition) is 1. The van der Waals surface area contributed by atoms with E-state index in [1.807, 2.05) is 29.2 Å². The average Bonchev–Trinajstić information content (AvgIpc) is 3.29. The first-order valence-electron chi connectivity index (χ1n) is 10.5. The maximum absolute atomic E-state index is 12.7. The Morgan fingerprint density at radius 2 is 1.76 bits per heavy atom. The number of nitrogens with one attached hydrogen (secondary N) is 1. The summed E-state index contributed by atoms with van der Waals surface area (Å²) in [5.41, 5.74) is 4.34. The molecule has 2 aromatic carbocycles. The summed E-state index contributed by atoms with van der Waals surface area (Å²) < 4.78 is 5.50. The molecule has 152 valence electrons. The predicted octanol–water partition coefficient (Wildman–Crippen LogP) is 4.02. The van der Waals surface area contributed by atoms with Crippen molar-refractivity contribution in [2.45, 2.75) is 38.7 Å². The van der Waals surface area contributed by atoms with Crippen LogP contribution >= 0.6 is 0 Å². The van der Waals surface area contributed by atoms with E-state index in [4.69, 9.17) is 4.74 Å². The smallest absolute Gasteiger partial charge is 0.251 e. The summed E-state index contributed by atoms with van der Waals surface area (Å²) in [7, 11) is 0. The first-order valence-corrected chi connectivity index (χ1v) is 10.5. The van der Waals surface area contributed by atoms with Crippen LogP contribution in [-0.2, 0) is 14.3 Å². The van der Waals surface area contributed by atoms with Crippen LogP contribution in [0.1, 0.15) is 31.2 Å². The lowest BCUT2D eigenvalue weighted by molar-refractivity contribution is -0.143. The van der Waals surface area contributed by atoms with Crippen molar-refractivity contribution < 1.29 is 14.3 Å². The highest BCUT2D eigenvalue weighted by atomic mass is 16.5. The van der Waals surface area contributed by atoms with Gasteiger partial charge in [-0.25, -0.2) is 0 Å². The van der Waals surface area contributed by atoms with Crippen LogP contribution in [-0.4, -0.2) is 42.5 Å². The highest BCUT2D eigenvalue weighted by molar-refractivity contribution is 5.93. The van der Waals surface area contributed by atoms with E-state index < -0.39 is 0 Å². The Morgan fingerprint density at radius 3 is 2.41 bits per heavy atom. The molecule has 0 aromatic heterocycles. The van der Waals surface area contributed by atoms with E-state index in [-0.39, 0.29) is 23.8 Å². The first-order chi connectivity index (χ1) is 14.1. The Bertz CT molecular complexity index is 864. The molecule has 2 aliphatic heterocycles. The van der Waals surface area contributed by atoms with Crippen LogP contribution in [0.5, 0.6) is 0 Å². The van der Waals surface area contributed by atoms with Crippen LogP contribution in [0.3, 0.4) is 0 Å². The molecular weight excluding hydrogens is 364 g/mol. The summed E-state index contributed by atoms with van der Waals surface area (Å²) in [6.45, 7) is 4.02. The number of likely N-dealkylation sites (tertiary alicyclic amines) is 1. The van der Waals surface area contributed by atoms with E-state index in [0.717, 1.165) is 24.1 Å². The van der Waals surface area contributed by atoms with Gasteiger partial charge in [-0.2, -0.15) is 0 Å². The van der Waals surface area contributed by atoms with Crippen LogP contribution < -0.4 is 5.32 Å². The van der Waals surface area contributed by atoms with Crippen molar-refractivity contribution in [2.75, 3.05) is 25.0 Å². The zero-order valence-corrected chi connectivity index (χ0v) is 16.9. The van der Waals surface area contributed by atoms with Crippen molar-refractivity contribution in [3.8, 4) is 11.1 Å². The molecule has 2 aromatic rings. The maximum Gasteiger partial charge on any atom is 0.251 e. The summed E-state index contributed by atoms with van der Waals surface area (Å²) in [6.07, 6.45) is 2.90. The molecule has 0 aliphatic carbocycles. The molecule has 0 radical (unpaired) electrons. The number of carbonyl (C=O) groups excluding carboxylic acids is 2. The molecule has 5 heteroatoms. The Balaban J connectivity index is 1.30. The molecule has 1 N–H and O–H groups in total. The number of carbonyl (C=O) groups is 2. The molecule has 2 aliphatic rings. The largest absolute Gasteiger partial charge is 0.368 e. The zero-order chi connectivity index (χ0) is 20.2. The Hall–Kier alpha value is -2.66. The molecule has 0 unspecified atom stereocenters. The number of ether oxygens (including phenoxy) is 1. The summed E-state index contributed by atoms with van der Waals surface area (Å²) in [4.78, 5) is 27.0. The van der Waals surface area contributed by atoms with E-state index in [0.29, 0.717) is 32.5 Å². The SMILES string of the molecule is Cc1cccc(-c2ccc(NC(=O)C3CCN(C(=O)[C@@H]4CCCO4)CC3)cc2)c1. The molecule has 2 fully saturated rings. The van der Waals surface area contributed by atoms with Gasteiger partial charge in [0.25, 0.3) is 5.91 Å². The van der Waals surface area contributed by atoms with Gasteiger partial charge >= 0.3 is 0 Å². The van der Waals surface area contributed by atoms with Crippen molar-refractivity contribution in [2.24, 2.45) is 5.92 Å². The number of nitrogens with zero attached hydrogens (tertiary/aromatic N) is 1. The van der Waals surface area contributed by atoms with Gasteiger partial charge < -0.3 is 15.0 Å². The van der Waals surface area contributed by atoms with Gasteiger partial charge in [0, 0.05) is 31.3 Å². The minimum absolute atomic E-state index is 0.0394. The van der Waals surface area contributed by atoms with E-state index in [1.54, 1.807) is 0 Å². The minimum Gasteiger partial charge on any atom is -0.368 e. The fraction of sp³-hybridized carbons (Fsp3) is 0.417. The van der Waals surface area contributed by atoms with Gasteiger partial charge in [-0.1, -0.05) is 42.0 Å². The number of benzene rings is 2. The molecule has 0 saturated carbocycles. The van der Waals surface area contributed by atoms with E-state index in [9.17, 15) is 9.59 Å². The van der Waals surface area contributed by atoms with Gasteiger partial charge in [0.15, 0.2) is 0 Å². The predicted molar refractivity (Wildman–Crippen MR) is 114 cm³/mol. The lowest BCUT2D eigenvalue weighted by Crippen LogP contribution is -2.45. The topological polar surface area (TPSA) is 58.6 Å². The number of piperidine rings is 1. The molecule has 5 nitrogen and oxygen atoms in total. The second-order valence-electron chi connectivity index (χ2n) is 8.04. The van der Waals surface area contributed by atoms with Crippen LogP contribution in [0.15, 0.2) is 48.5 Å². The van der Waals surface area contributed by atoms with Gasteiger partial charge in [-0.05, 0) is 55.9 Å². The average molecular weight is 392 g/mol. The number of rotatable bonds is 4. The number of anilines is 1. The van der Waals surface area contributed by atoms with E-state index in [2.05, 4.69) is 36.5 Å². The lowest BCUT2D eigenvalue weighted by Gasteiger charge is -2.32. The normalized spacial score (nSPS) is 19.9. The van der Waals surface area contributed by atoms with E-state index >= 15 is 0 Å². The molecule has 0 spiro atoms. The Labute approximate surface area is 172 Å². The Morgan fingerprint density at radius 1 is 1.00 bits per heavy atom. The van der Waals surface area contributed by atoms with Crippen LogP contribution in [0, 0.1) is 12.8 Å². The van der Waals surface area contributed by atoms with Gasteiger partial charge in [-0.3, -0.25) is 9.59 Å². The molecule has 2 saturated heterocycles. The van der Waals surface area contributed by atoms with Crippen molar-refractivity contribution in [3.05, 3.63) is 54.1 Å². The lowest BCUT2D eigenvalue weighted by atomic mass is 9.95.